The SMILES string of the molecule is CC1(NC(=O)C2(c3ccc(N)cc3)CC2)CCC1. The molecule has 0 aliphatic heterocycles. The lowest BCUT2D eigenvalue weighted by Crippen LogP contribution is -2.53. The summed E-state index contributed by atoms with van der Waals surface area (Å²) in [5.41, 5.74) is 7.33. The van der Waals surface area contributed by atoms with E-state index in [1.165, 1.54) is 6.42 Å². The van der Waals surface area contributed by atoms with Gasteiger partial charge in [0.25, 0.3) is 0 Å². The maximum Gasteiger partial charge on any atom is 0.231 e. The van der Waals surface area contributed by atoms with Gasteiger partial charge in [-0.25, -0.2) is 0 Å². The van der Waals surface area contributed by atoms with Crippen LogP contribution in [0.25, 0.3) is 0 Å². The van der Waals surface area contributed by atoms with E-state index in [2.05, 4.69) is 12.2 Å². The van der Waals surface area contributed by atoms with Crippen LogP contribution in [0, 0.1) is 0 Å². The van der Waals surface area contributed by atoms with Crippen molar-refractivity contribution in [1.82, 2.24) is 5.32 Å². The number of anilines is 1. The highest BCUT2D eigenvalue weighted by molar-refractivity contribution is 5.92. The Hall–Kier alpha value is -1.51. The molecule has 1 aromatic carbocycles. The molecule has 0 atom stereocenters. The van der Waals surface area contributed by atoms with Crippen LogP contribution in [0.1, 0.15) is 44.6 Å². The van der Waals surface area contributed by atoms with Gasteiger partial charge in [0, 0.05) is 11.2 Å². The first-order valence-electron chi connectivity index (χ1n) is 6.73. The van der Waals surface area contributed by atoms with Crippen molar-refractivity contribution in [2.24, 2.45) is 0 Å². The van der Waals surface area contributed by atoms with Crippen molar-refractivity contribution in [2.75, 3.05) is 5.73 Å². The van der Waals surface area contributed by atoms with Crippen LogP contribution in [0.5, 0.6) is 0 Å². The molecule has 0 bridgehead atoms. The Bertz CT molecular complexity index is 470. The van der Waals surface area contributed by atoms with Gasteiger partial charge in [-0.2, -0.15) is 0 Å². The molecular weight excluding hydrogens is 224 g/mol. The van der Waals surface area contributed by atoms with Gasteiger partial charge in [0.2, 0.25) is 5.91 Å². The van der Waals surface area contributed by atoms with Crippen LogP contribution in [0.4, 0.5) is 5.69 Å². The van der Waals surface area contributed by atoms with Crippen LogP contribution in [0.15, 0.2) is 24.3 Å². The van der Waals surface area contributed by atoms with Crippen LogP contribution in [0.3, 0.4) is 0 Å². The molecule has 96 valence electrons. The second kappa shape index (κ2) is 3.74. The predicted molar refractivity (Wildman–Crippen MR) is 72.2 cm³/mol. The standard InChI is InChI=1S/C15H20N2O/c1-14(7-2-8-14)17-13(18)15(9-10-15)11-3-5-12(16)6-4-11/h3-6H,2,7-10,16H2,1H3,(H,17,18). The zero-order valence-corrected chi connectivity index (χ0v) is 10.8. The highest BCUT2D eigenvalue weighted by atomic mass is 16.2. The Morgan fingerprint density at radius 3 is 2.22 bits per heavy atom. The molecule has 0 unspecified atom stereocenters. The summed E-state index contributed by atoms with van der Waals surface area (Å²) >= 11 is 0. The minimum absolute atomic E-state index is 0.0421. The normalized spacial score (nSPS) is 22.9. The molecule has 1 amide bonds. The van der Waals surface area contributed by atoms with E-state index in [0.717, 1.165) is 36.9 Å². The molecule has 1 aromatic rings. The molecular formula is C15H20N2O. The van der Waals surface area contributed by atoms with E-state index in [9.17, 15) is 4.79 Å². The van der Waals surface area contributed by atoms with Crippen molar-refractivity contribution >= 4 is 11.6 Å². The Balaban J connectivity index is 1.78. The van der Waals surface area contributed by atoms with Crippen LogP contribution in [-0.4, -0.2) is 11.4 Å². The monoisotopic (exact) mass is 244 g/mol. The van der Waals surface area contributed by atoms with Crippen molar-refractivity contribution in [3.05, 3.63) is 29.8 Å². The van der Waals surface area contributed by atoms with Crippen molar-refractivity contribution in [3.63, 3.8) is 0 Å². The molecule has 3 heteroatoms. The van der Waals surface area contributed by atoms with Gasteiger partial charge in [-0.3, -0.25) is 4.79 Å². The number of hydrogen-bond acceptors (Lipinski definition) is 2. The van der Waals surface area contributed by atoms with Gasteiger partial charge in [-0.15, -0.1) is 0 Å². The summed E-state index contributed by atoms with van der Waals surface area (Å²) in [4.78, 5) is 12.5. The zero-order valence-electron chi connectivity index (χ0n) is 10.8. The van der Waals surface area contributed by atoms with Crippen molar-refractivity contribution in [3.8, 4) is 0 Å². The van der Waals surface area contributed by atoms with E-state index in [1.807, 2.05) is 24.3 Å². The third-order valence-electron chi connectivity index (χ3n) is 4.52. The fourth-order valence-corrected chi connectivity index (χ4v) is 2.80. The third-order valence-corrected chi connectivity index (χ3v) is 4.52. The predicted octanol–water partition coefficient (Wildman–Crippen LogP) is 2.36. The summed E-state index contributed by atoms with van der Waals surface area (Å²) in [7, 11) is 0. The van der Waals surface area contributed by atoms with E-state index >= 15 is 0 Å². The minimum atomic E-state index is -0.272. The topological polar surface area (TPSA) is 55.1 Å². The molecule has 0 radical (unpaired) electrons. The maximum absolute atomic E-state index is 12.5. The van der Waals surface area contributed by atoms with Crippen LogP contribution in [0.2, 0.25) is 0 Å². The Kier molecular flexibility index (Phi) is 2.40. The number of nitrogens with two attached hydrogens (primary N) is 1. The number of amides is 1. The van der Waals surface area contributed by atoms with Crippen molar-refractivity contribution < 1.29 is 4.79 Å². The van der Waals surface area contributed by atoms with Crippen LogP contribution >= 0.6 is 0 Å². The molecule has 3 nitrogen and oxygen atoms in total. The van der Waals surface area contributed by atoms with E-state index in [1.54, 1.807) is 0 Å². The number of nitrogens with one attached hydrogen (secondary N) is 1. The van der Waals surface area contributed by atoms with Gasteiger partial charge < -0.3 is 11.1 Å². The first-order valence-corrected chi connectivity index (χ1v) is 6.73. The lowest BCUT2D eigenvalue weighted by molar-refractivity contribution is -0.126. The number of hydrogen-bond donors (Lipinski definition) is 2. The molecule has 0 heterocycles. The minimum Gasteiger partial charge on any atom is -0.399 e. The molecule has 3 rings (SSSR count). The van der Waals surface area contributed by atoms with Gasteiger partial charge in [-0.05, 0) is 56.7 Å². The summed E-state index contributed by atoms with van der Waals surface area (Å²) in [6, 6.07) is 7.75. The van der Waals surface area contributed by atoms with E-state index in [4.69, 9.17) is 5.73 Å². The second-order valence-corrected chi connectivity index (χ2v) is 6.07. The Labute approximate surface area is 108 Å². The van der Waals surface area contributed by atoms with Crippen LogP contribution < -0.4 is 11.1 Å². The van der Waals surface area contributed by atoms with Crippen molar-refractivity contribution in [2.45, 2.75) is 50.0 Å². The highest BCUT2D eigenvalue weighted by Crippen LogP contribution is 2.49. The average Bonchev–Trinajstić information content (AvgIpc) is 3.09. The number of carbonyl (C=O) groups is 1. The van der Waals surface area contributed by atoms with E-state index in [-0.39, 0.29) is 16.9 Å². The summed E-state index contributed by atoms with van der Waals surface area (Å²) in [6.07, 6.45) is 5.36. The summed E-state index contributed by atoms with van der Waals surface area (Å²) in [5.74, 6) is 0.203. The molecule has 2 aliphatic carbocycles. The summed E-state index contributed by atoms with van der Waals surface area (Å²) < 4.78 is 0. The number of benzene rings is 1. The molecule has 2 fully saturated rings. The van der Waals surface area contributed by atoms with Gasteiger partial charge >= 0.3 is 0 Å². The van der Waals surface area contributed by atoms with Gasteiger partial charge in [0.05, 0.1) is 5.41 Å². The number of nitrogen functional groups attached to an aromatic ring is 1. The maximum atomic E-state index is 12.5. The van der Waals surface area contributed by atoms with Gasteiger partial charge in [0.15, 0.2) is 0 Å². The van der Waals surface area contributed by atoms with Crippen molar-refractivity contribution in [1.29, 1.82) is 0 Å². The highest BCUT2D eigenvalue weighted by Gasteiger charge is 2.52. The molecule has 0 aromatic heterocycles. The second-order valence-electron chi connectivity index (χ2n) is 6.07. The Morgan fingerprint density at radius 1 is 1.17 bits per heavy atom. The van der Waals surface area contributed by atoms with E-state index < -0.39 is 0 Å². The fourth-order valence-electron chi connectivity index (χ4n) is 2.80. The first-order chi connectivity index (χ1) is 8.54. The Morgan fingerprint density at radius 2 is 1.78 bits per heavy atom. The number of rotatable bonds is 3. The van der Waals surface area contributed by atoms with Gasteiger partial charge in [-0.1, -0.05) is 12.1 Å². The van der Waals surface area contributed by atoms with Gasteiger partial charge in [0.1, 0.15) is 0 Å². The summed E-state index contributed by atoms with van der Waals surface area (Å²) in [5, 5.41) is 3.24. The molecule has 0 spiro atoms. The fraction of sp³-hybridized carbons (Fsp3) is 0.533. The first kappa shape index (κ1) is 11.6. The quantitative estimate of drug-likeness (QED) is 0.802. The largest absolute Gasteiger partial charge is 0.399 e. The molecule has 2 saturated carbocycles. The van der Waals surface area contributed by atoms with E-state index in [0.29, 0.717) is 0 Å². The summed E-state index contributed by atoms with van der Waals surface area (Å²) in [6.45, 7) is 2.15. The lowest BCUT2D eigenvalue weighted by atomic mass is 9.78. The lowest BCUT2D eigenvalue weighted by Gasteiger charge is -2.40. The average molecular weight is 244 g/mol. The zero-order chi connectivity index (χ0) is 12.8. The molecule has 18 heavy (non-hydrogen) atoms. The smallest absolute Gasteiger partial charge is 0.231 e. The molecule has 2 aliphatic rings. The molecule has 3 N–H and O–H groups in total. The van der Waals surface area contributed by atoms with Crippen LogP contribution in [-0.2, 0) is 10.2 Å². The molecule has 0 saturated heterocycles. The third kappa shape index (κ3) is 1.78. The number of carbonyl (C=O) groups excluding carboxylic acids is 1.